The highest BCUT2D eigenvalue weighted by molar-refractivity contribution is 7.96. The predicted molar refractivity (Wildman–Crippen MR) is 91.6 cm³/mol. The maximum atomic E-state index is 11.8. The van der Waals surface area contributed by atoms with E-state index in [0.29, 0.717) is 12.3 Å². The van der Waals surface area contributed by atoms with E-state index >= 15 is 0 Å². The van der Waals surface area contributed by atoms with Crippen LogP contribution in [0.15, 0.2) is 17.0 Å². The fraction of sp³-hybridized carbons (Fsp3) is 0.588. The summed E-state index contributed by atoms with van der Waals surface area (Å²) < 4.78 is 5.43. The van der Waals surface area contributed by atoms with Gasteiger partial charge in [0.05, 0.1) is 0 Å². The molecule has 1 amide bonds. The molecule has 1 N–H and O–H groups in total. The second kappa shape index (κ2) is 8.98. The van der Waals surface area contributed by atoms with Gasteiger partial charge in [0, 0.05) is 29.1 Å². The number of carbonyl (C=O) groups excluding carboxylic acids is 1. The SMILES string of the molecule is CCCCCNC(=O)Oc1cc(C)c([S+](C)CC)cc1C. The summed E-state index contributed by atoms with van der Waals surface area (Å²) in [5.41, 5.74) is 2.22. The van der Waals surface area contributed by atoms with E-state index in [1.165, 1.54) is 10.5 Å². The molecule has 0 aliphatic carbocycles. The molecule has 0 spiro atoms. The van der Waals surface area contributed by atoms with Crippen LogP contribution in [0, 0.1) is 13.8 Å². The fourth-order valence-corrected chi connectivity index (χ4v) is 3.40. The van der Waals surface area contributed by atoms with Crippen molar-refractivity contribution in [2.75, 3.05) is 18.6 Å². The van der Waals surface area contributed by atoms with Gasteiger partial charge in [-0.15, -0.1) is 0 Å². The standard InChI is InChI=1S/C17H27NO2S/c1-6-8-9-10-18-17(19)20-15-11-14(4)16(12-13(15)3)21(5)7-2/h11-12H,6-10H2,1-5H3/p+1. The van der Waals surface area contributed by atoms with E-state index in [4.69, 9.17) is 4.74 Å². The third-order valence-corrected chi connectivity index (χ3v) is 5.59. The van der Waals surface area contributed by atoms with Crippen molar-refractivity contribution in [3.63, 3.8) is 0 Å². The van der Waals surface area contributed by atoms with Gasteiger partial charge < -0.3 is 10.1 Å². The van der Waals surface area contributed by atoms with Crippen LogP contribution in [0.2, 0.25) is 0 Å². The van der Waals surface area contributed by atoms with Crippen molar-refractivity contribution in [3.8, 4) is 5.75 Å². The number of unbranched alkanes of at least 4 members (excludes halogenated alkanes) is 2. The molecule has 0 bridgehead atoms. The van der Waals surface area contributed by atoms with E-state index in [1.54, 1.807) is 0 Å². The molecule has 118 valence electrons. The Balaban J connectivity index is 2.67. The molecule has 21 heavy (non-hydrogen) atoms. The van der Waals surface area contributed by atoms with E-state index in [9.17, 15) is 4.79 Å². The first-order valence-corrected chi connectivity index (χ1v) is 9.49. The number of hydrogen-bond acceptors (Lipinski definition) is 2. The van der Waals surface area contributed by atoms with Crippen LogP contribution < -0.4 is 10.1 Å². The summed E-state index contributed by atoms with van der Waals surface area (Å²) in [6.45, 7) is 9.10. The van der Waals surface area contributed by atoms with Gasteiger partial charge in [0.25, 0.3) is 0 Å². The predicted octanol–water partition coefficient (Wildman–Crippen LogP) is 4.21. The Morgan fingerprint density at radius 1 is 1.19 bits per heavy atom. The molecule has 0 radical (unpaired) electrons. The van der Waals surface area contributed by atoms with E-state index in [2.05, 4.69) is 38.4 Å². The van der Waals surface area contributed by atoms with Crippen molar-refractivity contribution in [1.29, 1.82) is 0 Å². The van der Waals surface area contributed by atoms with Crippen LogP contribution in [0.4, 0.5) is 4.79 Å². The zero-order valence-corrected chi connectivity index (χ0v) is 14.7. The van der Waals surface area contributed by atoms with Gasteiger partial charge in [-0.1, -0.05) is 19.8 Å². The Morgan fingerprint density at radius 2 is 1.90 bits per heavy atom. The lowest BCUT2D eigenvalue weighted by molar-refractivity contribution is 0.200. The molecule has 1 unspecified atom stereocenters. The molecule has 0 saturated carbocycles. The Kier molecular flexibility index (Phi) is 7.65. The molecule has 0 aliphatic heterocycles. The Morgan fingerprint density at radius 3 is 2.52 bits per heavy atom. The van der Waals surface area contributed by atoms with E-state index in [1.807, 2.05) is 13.0 Å². The average molecular weight is 310 g/mol. The number of hydrogen-bond donors (Lipinski definition) is 1. The molecule has 4 heteroatoms. The lowest BCUT2D eigenvalue weighted by Crippen LogP contribution is -2.28. The Bertz CT molecular complexity index is 474. The molecule has 0 aromatic heterocycles. The molecule has 0 fully saturated rings. The number of rotatable bonds is 7. The van der Waals surface area contributed by atoms with Gasteiger partial charge in [0.15, 0.2) is 4.90 Å². The van der Waals surface area contributed by atoms with E-state index in [-0.39, 0.29) is 17.0 Å². The van der Waals surface area contributed by atoms with Crippen molar-refractivity contribution in [2.24, 2.45) is 0 Å². The number of nitrogens with one attached hydrogen (secondary N) is 1. The second-order valence-corrected chi connectivity index (χ2v) is 7.62. The van der Waals surface area contributed by atoms with Crippen LogP contribution in [-0.4, -0.2) is 24.6 Å². The minimum Gasteiger partial charge on any atom is -0.410 e. The van der Waals surface area contributed by atoms with Crippen molar-refractivity contribution in [1.82, 2.24) is 5.32 Å². The molecular weight excluding hydrogens is 282 g/mol. The van der Waals surface area contributed by atoms with Crippen LogP contribution in [0.25, 0.3) is 0 Å². The maximum absolute atomic E-state index is 11.8. The van der Waals surface area contributed by atoms with Crippen molar-refractivity contribution >= 4 is 17.0 Å². The molecule has 0 heterocycles. The summed E-state index contributed by atoms with van der Waals surface area (Å²) in [6.07, 6.45) is 5.17. The second-order valence-electron chi connectivity index (χ2n) is 5.33. The number of ether oxygens (including phenoxy) is 1. The first-order chi connectivity index (χ1) is 9.99. The maximum Gasteiger partial charge on any atom is 0.412 e. The van der Waals surface area contributed by atoms with Gasteiger partial charge in [-0.25, -0.2) is 4.79 Å². The summed E-state index contributed by atoms with van der Waals surface area (Å²) >= 11 is 0. The van der Waals surface area contributed by atoms with E-state index < -0.39 is 0 Å². The molecule has 1 atom stereocenters. The van der Waals surface area contributed by atoms with Crippen LogP contribution >= 0.6 is 0 Å². The highest BCUT2D eigenvalue weighted by Gasteiger charge is 2.19. The van der Waals surface area contributed by atoms with Gasteiger partial charge in [0.1, 0.15) is 17.8 Å². The smallest absolute Gasteiger partial charge is 0.410 e. The van der Waals surface area contributed by atoms with Crippen LogP contribution in [-0.2, 0) is 10.9 Å². The zero-order chi connectivity index (χ0) is 15.8. The molecule has 0 aliphatic rings. The minimum absolute atomic E-state index is 0.253. The van der Waals surface area contributed by atoms with Crippen LogP contribution in [0.5, 0.6) is 5.75 Å². The minimum atomic E-state index is -0.354. The van der Waals surface area contributed by atoms with Gasteiger partial charge in [-0.2, -0.15) is 0 Å². The summed E-state index contributed by atoms with van der Waals surface area (Å²) in [6, 6.07) is 4.14. The Hall–Kier alpha value is -1.16. The van der Waals surface area contributed by atoms with Crippen molar-refractivity contribution < 1.29 is 9.53 Å². The fourth-order valence-electron chi connectivity index (χ4n) is 2.11. The molecule has 1 aromatic carbocycles. The number of carbonyl (C=O) groups is 1. The first kappa shape index (κ1) is 17.9. The summed E-state index contributed by atoms with van der Waals surface area (Å²) in [5, 5.41) is 2.80. The quantitative estimate of drug-likeness (QED) is 0.605. The highest BCUT2D eigenvalue weighted by atomic mass is 32.2. The summed E-state index contributed by atoms with van der Waals surface area (Å²) in [4.78, 5) is 13.1. The molecule has 0 saturated heterocycles. The molecule has 1 aromatic rings. The molecule has 3 nitrogen and oxygen atoms in total. The summed E-state index contributed by atoms with van der Waals surface area (Å²) in [5.74, 6) is 1.80. The van der Waals surface area contributed by atoms with Crippen LogP contribution in [0.1, 0.15) is 44.2 Å². The zero-order valence-electron chi connectivity index (χ0n) is 13.9. The van der Waals surface area contributed by atoms with Gasteiger partial charge in [-0.05, 0) is 38.8 Å². The van der Waals surface area contributed by atoms with Gasteiger partial charge in [0.2, 0.25) is 0 Å². The molecule has 1 rings (SSSR count). The van der Waals surface area contributed by atoms with Gasteiger partial charge >= 0.3 is 6.09 Å². The van der Waals surface area contributed by atoms with E-state index in [0.717, 1.165) is 30.6 Å². The van der Waals surface area contributed by atoms with Crippen molar-refractivity contribution in [2.45, 2.75) is 51.9 Å². The number of aryl methyl sites for hydroxylation is 2. The largest absolute Gasteiger partial charge is 0.412 e. The van der Waals surface area contributed by atoms with Crippen molar-refractivity contribution in [3.05, 3.63) is 23.3 Å². The lowest BCUT2D eigenvalue weighted by Gasteiger charge is -2.11. The third kappa shape index (κ3) is 5.62. The topological polar surface area (TPSA) is 38.3 Å². The molecular formula is C17H28NO2S+. The van der Waals surface area contributed by atoms with Gasteiger partial charge in [-0.3, -0.25) is 0 Å². The number of amides is 1. The normalized spacial score (nSPS) is 12.0. The Labute approximate surface area is 131 Å². The monoisotopic (exact) mass is 310 g/mol. The first-order valence-electron chi connectivity index (χ1n) is 7.69. The average Bonchev–Trinajstić information content (AvgIpc) is 2.46. The van der Waals surface area contributed by atoms with Crippen LogP contribution in [0.3, 0.4) is 0 Å². The third-order valence-electron chi connectivity index (χ3n) is 3.53. The highest BCUT2D eigenvalue weighted by Crippen LogP contribution is 2.26. The lowest BCUT2D eigenvalue weighted by atomic mass is 10.1. The summed E-state index contributed by atoms with van der Waals surface area (Å²) in [7, 11) is 0.253. The number of benzene rings is 1.